The Morgan fingerprint density at radius 1 is 1.54 bits per heavy atom. The van der Waals surface area contributed by atoms with E-state index >= 15 is 0 Å². The molecule has 0 aromatic rings. The maximum Gasteiger partial charge on any atom is 0.322 e. The largest absolute Gasteiger partial charge is 0.462 e. The van der Waals surface area contributed by atoms with Crippen molar-refractivity contribution in [3.63, 3.8) is 0 Å². The molecule has 0 amide bonds. The Kier molecular flexibility index (Phi) is 5.25. The summed E-state index contributed by atoms with van der Waals surface area (Å²) in [5.74, 6) is -0.593. The molecule has 0 saturated carbocycles. The first-order valence-corrected chi connectivity index (χ1v) is 4.09. The molecule has 0 aliphatic rings. The van der Waals surface area contributed by atoms with Crippen LogP contribution in [0.5, 0.6) is 0 Å². The Balaban J connectivity index is 3.76. The Labute approximate surface area is 77.6 Å². The van der Waals surface area contributed by atoms with E-state index in [0.717, 1.165) is 0 Å². The second kappa shape index (κ2) is 5.66. The molecule has 0 bridgehead atoms. The fourth-order valence-electron chi connectivity index (χ4n) is 0.532. The Hall–Kier alpha value is -0.940. The molecule has 0 aliphatic carbocycles. The molecular weight excluding hydrogens is 172 g/mol. The lowest BCUT2D eigenvalue weighted by molar-refractivity contribution is -0.146. The van der Waals surface area contributed by atoms with Crippen LogP contribution >= 0.6 is 0 Å². The number of ketones is 1. The van der Waals surface area contributed by atoms with Crippen LogP contribution in [-0.2, 0) is 14.3 Å². The summed E-state index contributed by atoms with van der Waals surface area (Å²) in [6, 6.07) is -1.09. The minimum Gasteiger partial charge on any atom is -0.462 e. The molecule has 5 nitrogen and oxygen atoms in total. The SMILES string of the molecule is CNC(C)C(=O)OCC(N)C(C)=O. The second-order valence-corrected chi connectivity index (χ2v) is 2.86. The van der Waals surface area contributed by atoms with Gasteiger partial charge in [0.25, 0.3) is 0 Å². The van der Waals surface area contributed by atoms with Crippen LogP contribution < -0.4 is 11.1 Å². The van der Waals surface area contributed by atoms with Crippen LogP contribution in [0.4, 0.5) is 0 Å². The highest BCUT2D eigenvalue weighted by Crippen LogP contribution is 1.89. The minimum absolute atomic E-state index is 0.0554. The minimum atomic E-state index is -0.715. The molecule has 0 aromatic carbocycles. The molecule has 76 valence electrons. The van der Waals surface area contributed by atoms with Crippen LogP contribution in [0.25, 0.3) is 0 Å². The number of hydrogen-bond donors (Lipinski definition) is 2. The maximum atomic E-state index is 11.0. The highest BCUT2D eigenvalue weighted by Gasteiger charge is 2.15. The summed E-state index contributed by atoms with van der Waals surface area (Å²) < 4.78 is 4.77. The predicted octanol–water partition coefficient (Wildman–Crippen LogP) is -0.946. The lowest BCUT2D eigenvalue weighted by atomic mass is 10.2. The Bertz CT molecular complexity index is 194. The van der Waals surface area contributed by atoms with Gasteiger partial charge in [-0.25, -0.2) is 0 Å². The number of Topliss-reactive ketones (excluding diaryl/α,β-unsaturated/α-hetero) is 1. The zero-order chi connectivity index (χ0) is 10.4. The van der Waals surface area contributed by atoms with Crippen molar-refractivity contribution in [3.8, 4) is 0 Å². The average Bonchev–Trinajstić information content (AvgIpc) is 2.11. The third kappa shape index (κ3) is 4.59. The van der Waals surface area contributed by atoms with Gasteiger partial charge in [0.15, 0.2) is 0 Å². The number of rotatable bonds is 5. The standard InChI is InChI=1S/C8H16N2O3/c1-5(10-3)8(12)13-4-7(9)6(2)11/h5,7,10H,4,9H2,1-3H3. The van der Waals surface area contributed by atoms with Crippen molar-refractivity contribution in [2.24, 2.45) is 5.73 Å². The van der Waals surface area contributed by atoms with Gasteiger partial charge in [-0.15, -0.1) is 0 Å². The molecule has 2 atom stereocenters. The molecule has 5 heteroatoms. The molecule has 0 aromatic heterocycles. The van der Waals surface area contributed by atoms with Crippen LogP contribution in [0.3, 0.4) is 0 Å². The number of ether oxygens (including phenoxy) is 1. The monoisotopic (exact) mass is 188 g/mol. The molecule has 0 aliphatic heterocycles. The Morgan fingerprint density at radius 2 is 2.08 bits per heavy atom. The molecule has 0 spiro atoms. The van der Waals surface area contributed by atoms with Crippen molar-refractivity contribution < 1.29 is 14.3 Å². The van der Waals surface area contributed by atoms with Gasteiger partial charge in [0.2, 0.25) is 0 Å². The molecule has 0 rings (SSSR count). The zero-order valence-electron chi connectivity index (χ0n) is 8.16. The lowest BCUT2D eigenvalue weighted by Gasteiger charge is -2.12. The van der Waals surface area contributed by atoms with Crippen molar-refractivity contribution in [3.05, 3.63) is 0 Å². The summed E-state index contributed by atoms with van der Waals surface area (Å²) in [6.07, 6.45) is 0. The Morgan fingerprint density at radius 3 is 2.46 bits per heavy atom. The topological polar surface area (TPSA) is 81.4 Å². The van der Waals surface area contributed by atoms with Gasteiger partial charge in [0.1, 0.15) is 18.4 Å². The van der Waals surface area contributed by atoms with E-state index < -0.39 is 12.0 Å². The first-order chi connectivity index (χ1) is 5.99. The van der Waals surface area contributed by atoms with E-state index in [1.54, 1.807) is 14.0 Å². The van der Waals surface area contributed by atoms with Crippen LogP contribution in [-0.4, -0.2) is 37.5 Å². The summed E-state index contributed by atoms with van der Waals surface area (Å²) in [5, 5.41) is 2.72. The molecular formula is C8H16N2O3. The molecule has 3 N–H and O–H groups in total. The maximum absolute atomic E-state index is 11.0. The number of nitrogens with one attached hydrogen (secondary N) is 1. The molecule has 0 saturated heterocycles. The molecule has 2 unspecified atom stereocenters. The smallest absolute Gasteiger partial charge is 0.322 e. The van der Waals surface area contributed by atoms with Crippen molar-refractivity contribution in [1.29, 1.82) is 0 Å². The van der Waals surface area contributed by atoms with E-state index in [2.05, 4.69) is 5.32 Å². The quantitative estimate of drug-likeness (QED) is 0.544. The van der Waals surface area contributed by atoms with Gasteiger partial charge in [-0.05, 0) is 20.9 Å². The summed E-state index contributed by atoms with van der Waals surface area (Å²) in [5.41, 5.74) is 5.36. The van der Waals surface area contributed by atoms with Crippen LogP contribution in [0, 0.1) is 0 Å². The van der Waals surface area contributed by atoms with E-state index in [1.165, 1.54) is 6.92 Å². The highest BCUT2D eigenvalue weighted by molar-refractivity contribution is 5.82. The first-order valence-electron chi connectivity index (χ1n) is 4.09. The number of esters is 1. The van der Waals surface area contributed by atoms with Crippen molar-refractivity contribution >= 4 is 11.8 Å². The zero-order valence-corrected chi connectivity index (χ0v) is 8.16. The summed E-state index contributed by atoms with van der Waals surface area (Å²) in [4.78, 5) is 21.7. The van der Waals surface area contributed by atoms with E-state index in [9.17, 15) is 9.59 Å². The molecule has 13 heavy (non-hydrogen) atoms. The van der Waals surface area contributed by atoms with Gasteiger partial charge in [-0.1, -0.05) is 0 Å². The van der Waals surface area contributed by atoms with Gasteiger partial charge in [0.05, 0.1) is 6.04 Å². The van der Waals surface area contributed by atoms with Crippen LogP contribution in [0.2, 0.25) is 0 Å². The van der Waals surface area contributed by atoms with E-state index in [4.69, 9.17) is 10.5 Å². The number of nitrogens with two attached hydrogens (primary N) is 1. The van der Waals surface area contributed by atoms with Crippen LogP contribution in [0.15, 0.2) is 0 Å². The highest BCUT2D eigenvalue weighted by atomic mass is 16.5. The summed E-state index contributed by atoms with van der Waals surface area (Å²) >= 11 is 0. The van der Waals surface area contributed by atoms with Crippen molar-refractivity contribution in [2.45, 2.75) is 25.9 Å². The van der Waals surface area contributed by atoms with Crippen molar-refractivity contribution in [1.82, 2.24) is 5.32 Å². The fraction of sp³-hybridized carbons (Fsp3) is 0.750. The van der Waals surface area contributed by atoms with E-state index in [1.807, 2.05) is 0 Å². The molecule has 0 radical (unpaired) electrons. The normalized spacial score (nSPS) is 14.8. The van der Waals surface area contributed by atoms with Gasteiger partial charge in [-0.2, -0.15) is 0 Å². The van der Waals surface area contributed by atoms with Crippen molar-refractivity contribution in [2.75, 3.05) is 13.7 Å². The molecule has 0 heterocycles. The van der Waals surface area contributed by atoms with Gasteiger partial charge in [-0.3, -0.25) is 9.59 Å². The molecule has 0 fully saturated rings. The van der Waals surface area contributed by atoms with Gasteiger partial charge in [0, 0.05) is 0 Å². The number of hydrogen-bond acceptors (Lipinski definition) is 5. The number of carbonyl (C=O) groups is 2. The third-order valence-electron chi connectivity index (χ3n) is 1.71. The van der Waals surface area contributed by atoms with E-state index in [0.29, 0.717) is 0 Å². The average molecular weight is 188 g/mol. The number of carbonyl (C=O) groups excluding carboxylic acids is 2. The summed E-state index contributed by atoms with van der Waals surface area (Å²) in [6.45, 7) is 2.97. The second-order valence-electron chi connectivity index (χ2n) is 2.86. The lowest BCUT2D eigenvalue weighted by Crippen LogP contribution is -2.38. The van der Waals surface area contributed by atoms with Crippen LogP contribution in [0.1, 0.15) is 13.8 Å². The number of likely N-dealkylation sites (N-methyl/N-ethyl adjacent to an activating group) is 1. The fourth-order valence-corrected chi connectivity index (χ4v) is 0.532. The van der Waals surface area contributed by atoms with Gasteiger partial charge < -0.3 is 15.8 Å². The third-order valence-corrected chi connectivity index (χ3v) is 1.71. The summed E-state index contributed by atoms with van der Waals surface area (Å²) in [7, 11) is 1.65. The van der Waals surface area contributed by atoms with Gasteiger partial charge >= 0.3 is 5.97 Å². The first kappa shape index (κ1) is 12.1. The predicted molar refractivity (Wildman–Crippen MR) is 48.1 cm³/mol. The van der Waals surface area contributed by atoms with E-state index in [-0.39, 0.29) is 18.4 Å².